The van der Waals surface area contributed by atoms with Gasteiger partial charge in [0, 0.05) is 24.2 Å². The van der Waals surface area contributed by atoms with Gasteiger partial charge in [0.25, 0.3) is 0 Å². The molecule has 2 aromatic rings. The predicted octanol–water partition coefficient (Wildman–Crippen LogP) is 6.58. The van der Waals surface area contributed by atoms with Crippen LogP contribution in [-0.4, -0.2) is 64.6 Å². The molecule has 14 atom stereocenters. The van der Waals surface area contributed by atoms with Crippen LogP contribution in [-0.2, 0) is 18.9 Å². The number of aliphatic hydroxyl groups is 2. The molecule has 0 aromatic heterocycles. The Morgan fingerprint density at radius 1 is 0.816 bits per heavy atom. The van der Waals surface area contributed by atoms with Crippen LogP contribution in [0, 0.1) is 46.3 Å². The van der Waals surface area contributed by atoms with Gasteiger partial charge in [-0.2, -0.15) is 0 Å². The van der Waals surface area contributed by atoms with Crippen LogP contribution in [0.15, 0.2) is 60.7 Å². The van der Waals surface area contributed by atoms with Crippen molar-refractivity contribution in [3.63, 3.8) is 0 Å². The number of rotatable bonds is 4. The highest BCUT2D eigenvalue weighted by atomic mass is 16.7. The summed E-state index contributed by atoms with van der Waals surface area (Å²) in [7, 11) is 0. The third-order valence-corrected chi connectivity index (χ3v) is 14.6. The van der Waals surface area contributed by atoms with E-state index in [-0.39, 0.29) is 42.1 Å². The largest absolute Gasteiger partial charge is 0.455 e. The first kappa shape index (κ1) is 33.4. The summed E-state index contributed by atoms with van der Waals surface area (Å²) in [6.45, 7) is 9.85. The van der Waals surface area contributed by atoms with Gasteiger partial charge in [0.15, 0.2) is 5.79 Å². The molecule has 1 spiro atoms. The molecule has 2 aromatic carbocycles. The van der Waals surface area contributed by atoms with Gasteiger partial charge in [0.05, 0.1) is 35.5 Å². The molecule has 8 heteroatoms. The van der Waals surface area contributed by atoms with Crippen LogP contribution in [0.2, 0.25) is 0 Å². The number of hydrogen-bond acceptors (Lipinski definition) is 8. The van der Waals surface area contributed by atoms with Gasteiger partial charge >= 0.3 is 11.9 Å². The van der Waals surface area contributed by atoms with Gasteiger partial charge in [-0.3, -0.25) is 0 Å². The van der Waals surface area contributed by atoms with E-state index >= 15 is 0 Å². The van der Waals surface area contributed by atoms with Gasteiger partial charge < -0.3 is 29.2 Å². The molecular formula is C41H52O8. The number of fused-ring (bicyclic) bond motifs is 7. The molecule has 2 N–H and O–H groups in total. The van der Waals surface area contributed by atoms with Gasteiger partial charge in [-0.1, -0.05) is 64.1 Å². The zero-order valence-electron chi connectivity index (χ0n) is 29.3. The first-order chi connectivity index (χ1) is 23.4. The van der Waals surface area contributed by atoms with Crippen LogP contribution in [0.4, 0.5) is 0 Å². The summed E-state index contributed by atoms with van der Waals surface area (Å²) in [4.78, 5) is 26.8. The minimum atomic E-state index is -1.52. The number of ether oxygens (including phenoxy) is 4. The zero-order chi connectivity index (χ0) is 34.3. The molecule has 2 saturated heterocycles. The molecule has 0 bridgehead atoms. The molecule has 8 rings (SSSR count). The topological polar surface area (TPSA) is 112 Å². The van der Waals surface area contributed by atoms with Crippen molar-refractivity contribution in [1.29, 1.82) is 0 Å². The lowest BCUT2D eigenvalue weighted by molar-refractivity contribution is -0.286. The van der Waals surface area contributed by atoms with E-state index in [1.807, 2.05) is 12.1 Å². The summed E-state index contributed by atoms with van der Waals surface area (Å²) < 4.78 is 25.7. The molecule has 264 valence electrons. The second-order valence-electron chi connectivity index (χ2n) is 17.0. The lowest BCUT2D eigenvalue weighted by Crippen LogP contribution is -2.71. The highest BCUT2D eigenvalue weighted by Crippen LogP contribution is 2.72. The van der Waals surface area contributed by atoms with Gasteiger partial charge in [0.1, 0.15) is 12.2 Å². The minimum Gasteiger partial charge on any atom is -0.455 e. The van der Waals surface area contributed by atoms with Crippen LogP contribution in [0.25, 0.3) is 0 Å². The minimum absolute atomic E-state index is 0.00912. The quantitative estimate of drug-likeness (QED) is 0.351. The molecule has 0 amide bonds. The van der Waals surface area contributed by atoms with Crippen molar-refractivity contribution in [2.24, 2.45) is 46.3 Å². The third-order valence-electron chi connectivity index (χ3n) is 14.6. The van der Waals surface area contributed by atoms with Crippen LogP contribution in [0.1, 0.15) is 99.8 Å². The van der Waals surface area contributed by atoms with Crippen molar-refractivity contribution in [2.45, 2.75) is 115 Å². The summed E-state index contributed by atoms with van der Waals surface area (Å²) in [5.41, 5.74) is -1.47. The first-order valence-corrected chi connectivity index (χ1v) is 18.6. The third kappa shape index (κ3) is 5.06. The van der Waals surface area contributed by atoms with E-state index in [0.717, 1.165) is 38.7 Å². The Kier molecular flexibility index (Phi) is 8.10. The molecule has 2 heterocycles. The predicted molar refractivity (Wildman–Crippen MR) is 181 cm³/mol. The van der Waals surface area contributed by atoms with E-state index in [1.54, 1.807) is 48.5 Å². The standard InChI is InChI=1S/C41H52O8/c1-24-15-18-41(46-23-24)25(2)35-31(49-41)20-30-28-19-34(42)40(45)22-33(48-37(44)27-13-9-6-10-14-27)32(47-36(43)26-11-7-5-8-12-26)21-39(40,4)29(28)16-17-38(30,35)3/h5-14,24-25,28-35,42,45H,15-23H2,1-4H3/t24-,25-,28+,29-,30+,31-,32+,33+,34+,35+,38-,39+,40+,41-/m0/s1. The van der Waals surface area contributed by atoms with Gasteiger partial charge in [0.2, 0.25) is 0 Å². The first-order valence-electron chi connectivity index (χ1n) is 18.6. The maximum Gasteiger partial charge on any atom is 0.338 e. The van der Waals surface area contributed by atoms with E-state index in [4.69, 9.17) is 18.9 Å². The molecule has 0 radical (unpaired) electrons. The van der Waals surface area contributed by atoms with E-state index in [2.05, 4.69) is 27.7 Å². The van der Waals surface area contributed by atoms with Crippen LogP contribution < -0.4 is 0 Å². The summed E-state index contributed by atoms with van der Waals surface area (Å²) in [5, 5.41) is 24.7. The Hall–Kier alpha value is -2.78. The molecule has 4 aliphatic carbocycles. The number of carbonyl (C=O) groups excluding carboxylic acids is 2. The summed E-state index contributed by atoms with van der Waals surface area (Å²) in [6, 6.07) is 17.5. The molecule has 8 nitrogen and oxygen atoms in total. The fourth-order valence-electron chi connectivity index (χ4n) is 12.1. The summed E-state index contributed by atoms with van der Waals surface area (Å²) >= 11 is 0. The van der Waals surface area contributed by atoms with Crippen molar-refractivity contribution in [3.05, 3.63) is 71.8 Å². The van der Waals surface area contributed by atoms with Crippen LogP contribution >= 0.6 is 0 Å². The fourth-order valence-corrected chi connectivity index (χ4v) is 12.1. The molecule has 49 heavy (non-hydrogen) atoms. The van der Waals surface area contributed by atoms with E-state index in [9.17, 15) is 19.8 Å². The monoisotopic (exact) mass is 672 g/mol. The van der Waals surface area contributed by atoms with Crippen molar-refractivity contribution in [2.75, 3.05) is 6.61 Å². The number of esters is 2. The maximum atomic E-state index is 13.5. The smallest absolute Gasteiger partial charge is 0.338 e. The SMILES string of the molecule is C[C@H]1CC[C@]2(OC1)O[C@H]1C[C@@H]3[C@@H]4C[C@@H](O)[C@]5(O)C[C@@H](OC(=O)c6ccccc6)[C@H](OC(=O)c6ccccc6)C[C@]5(C)[C@H]4CC[C@]3(C)[C@@H]1[C@@H]2C. The Bertz CT molecular complexity index is 1560. The molecule has 6 aliphatic rings. The van der Waals surface area contributed by atoms with Crippen molar-refractivity contribution >= 4 is 11.9 Å². The summed E-state index contributed by atoms with van der Waals surface area (Å²) in [5.74, 6) is 0.296. The Morgan fingerprint density at radius 2 is 1.43 bits per heavy atom. The lowest BCUT2D eigenvalue weighted by Gasteiger charge is -2.66. The van der Waals surface area contributed by atoms with Gasteiger partial charge in [-0.15, -0.1) is 0 Å². The average Bonchev–Trinajstić information content (AvgIpc) is 3.54. The van der Waals surface area contributed by atoms with Gasteiger partial charge in [-0.05, 0) is 97.8 Å². The Labute approximate surface area is 289 Å². The maximum absolute atomic E-state index is 13.5. The number of benzene rings is 2. The average molecular weight is 673 g/mol. The Morgan fingerprint density at radius 3 is 2.02 bits per heavy atom. The van der Waals surface area contributed by atoms with Crippen molar-refractivity contribution in [1.82, 2.24) is 0 Å². The molecule has 4 saturated carbocycles. The van der Waals surface area contributed by atoms with Gasteiger partial charge in [-0.25, -0.2) is 9.59 Å². The number of carbonyl (C=O) groups is 2. The van der Waals surface area contributed by atoms with Crippen molar-refractivity contribution < 1.29 is 38.7 Å². The second-order valence-corrected chi connectivity index (χ2v) is 17.0. The number of aliphatic hydroxyl groups excluding tert-OH is 1. The van der Waals surface area contributed by atoms with E-state index in [1.165, 1.54) is 0 Å². The van der Waals surface area contributed by atoms with E-state index < -0.39 is 47.1 Å². The Balaban J connectivity index is 1.08. The highest BCUT2D eigenvalue weighted by Gasteiger charge is 2.73. The molecule has 6 fully saturated rings. The molecule has 2 aliphatic heterocycles. The van der Waals surface area contributed by atoms with Crippen LogP contribution in [0.3, 0.4) is 0 Å². The van der Waals surface area contributed by atoms with Crippen LogP contribution in [0.5, 0.6) is 0 Å². The highest BCUT2D eigenvalue weighted by molar-refractivity contribution is 5.90. The fraction of sp³-hybridized carbons (Fsp3) is 0.659. The molecular weight excluding hydrogens is 620 g/mol. The second kappa shape index (κ2) is 11.9. The molecule has 0 unspecified atom stereocenters. The number of hydrogen-bond donors (Lipinski definition) is 2. The van der Waals surface area contributed by atoms with E-state index in [0.29, 0.717) is 35.3 Å². The van der Waals surface area contributed by atoms with Crippen molar-refractivity contribution in [3.8, 4) is 0 Å². The normalized spacial score (nSPS) is 47.0. The summed E-state index contributed by atoms with van der Waals surface area (Å²) in [6.07, 6.45) is 3.05. The lowest BCUT2D eigenvalue weighted by atomic mass is 9.42. The zero-order valence-corrected chi connectivity index (χ0v) is 29.3.